The van der Waals surface area contributed by atoms with Gasteiger partial charge in [-0.1, -0.05) is 12.8 Å². The Hall–Kier alpha value is -1.28. The van der Waals surface area contributed by atoms with E-state index in [0.717, 1.165) is 0 Å². The minimum absolute atomic E-state index is 0.116. The number of carbonyl (C=O) groups is 2. The molecule has 0 radical (unpaired) electrons. The maximum atomic E-state index is 11.0. The Bertz CT molecular complexity index is 372. The molecule has 0 aliphatic heterocycles. The molecule has 126 valence electrons. The van der Waals surface area contributed by atoms with Crippen molar-refractivity contribution in [3.63, 3.8) is 0 Å². The number of rotatable bonds is 13. The summed E-state index contributed by atoms with van der Waals surface area (Å²) in [6.45, 7) is 0. The molecule has 0 saturated heterocycles. The van der Waals surface area contributed by atoms with Crippen LogP contribution in [0.1, 0.15) is 51.4 Å². The third kappa shape index (κ3) is 10.4. The number of thiocarbonyl (C=S) groups is 2. The zero-order chi connectivity index (χ0) is 17.1. The summed E-state index contributed by atoms with van der Waals surface area (Å²) < 4.78 is 0. The van der Waals surface area contributed by atoms with E-state index in [1.807, 2.05) is 0 Å². The van der Waals surface area contributed by atoms with Gasteiger partial charge in [-0.2, -0.15) is 0 Å². The number of hydrogen-bond donors (Lipinski definition) is 4. The molecule has 22 heavy (non-hydrogen) atoms. The summed E-state index contributed by atoms with van der Waals surface area (Å²) in [7, 11) is 0. The highest BCUT2D eigenvalue weighted by atomic mass is 32.1. The number of unbranched alkanes of at least 4 members (excludes halogenated alkanes) is 1. The normalized spacial score (nSPS) is 13.3. The lowest BCUT2D eigenvalue weighted by Crippen LogP contribution is -2.16. The molecule has 0 saturated carbocycles. The lowest BCUT2D eigenvalue weighted by atomic mass is 9.93. The molecule has 0 aromatic heterocycles. The van der Waals surface area contributed by atoms with Crippen LogP contribution in [-0.4, -0.2) is 42.5 Å². The van der Waals surface area contributed by atoms with E-state index in [4.69, 9.17) is 27.5 Å². The van der Waals surface area contributed by atoms with Crippen molar-refractivity contribution < 1.29 is 30.0 Å². The number of carboxylic acids is 2. The van der Waals surface area contributed by atoms with Gasteiger partial charge in [-0.3, -0.25) is 9.59 Å². The van der Waals surface area contributed by atoms with Gasteiger partial charge < -0.3 is 20.4 Å². The lowest BCUT2D eigenvalue weighted by molar-refractivity contribution is -0.143. The quantitative estimate of drug-likeness (QED) is 0.295. The second-order valence-electron chi connectivity index (χ2n) is 5.22. The molecule has 0 spiro atoms. The molecule has 0 rings (SSSR count). The number of aliphatic hydroxyl groups excluding tert-OH is 2. The van der Waals surface area contributed by atoms with Crippen molar-refractivity contribution in [2.24, 2.45) is 11.8 Å². The first kappa shape index (κ1) is 20.7. The van der Waals surface area contributed by atoms with Gasteiger partial charge in [0, 0.05) is 18.8 Å². The van der Waals surface area contributed by atoms with Gasteiger partial charge in [0.2, 0.25) is 0 Å². The largest absolute Gasteiger partial charge is 0.502 e. The summed E-state index contributed by atoms with van der Waals surface area (Å²) >= 11 is 9.32. The maximum Gasteiger partial charge on any atom is 0.306 e. The van der Waals surface area contributed by atoms with Crippen molar-refractivity contribution in [1.82, 2.24) is 0 Å². The highest BCUT2D eigenvalue weighted by Gasteiger charge is 2.19. The fourth-order valence-corrected chi connectivity index (χ4v) is 2.51. The van der Waals surface area contributed by atoms with Crippen LogP contribution in [-0.2, 0) is 9.59 Å². The summed E-state index contributed by atoms with van der Waals surface area (Å²) in [6.07, 6.45) is 2.97. The first-order valence-electron chi connectivity index (χ1n) is 7.13. The van der Waals surface area contributed by atoms with E-state index in [9.17, 15) is 14.7 Å². The molecule has 0 fully saturated rings. The molecule has 4 N–H and O–H groups in total. The maximum absolute atomic E-state index is 11.0. The average Bonchev–Trinajstić information content (AvgIpc) is 2.39. The second-order valence-corrected chi connectivity index (χ2v) is 6.11. The Kier molecular flexibility index (Phi) is 10.7. The molecule has 2 unspecified atom stereocenters. The zero-order valence-electron chi connectivity index (χ0n) is 12.2. The van der Waals surface area contributed by atoms with Gasteiger partial charge in [-0.15, -0.1) is 0 Å². The van der Waals surface area contributed by atoms with Crippen molar-refractivity contribution in [3.05, 3.63) is 0 Å². The Morgan fingerprint density at radius 2 is 1.27 bits per heavy atom. The number of hydrogen-bond acceptors (Lipinski definition) is 4. The Balaban J connectivity index is 4.12. The third-order valence-electron chi connectivity index (χ3n) is 3.47. The molecule has 0 aliphatic carbocycles. The monoisotopic (exact) mass is 350 g/mol. The Labute approximate surface area is 140 Å². The summed E-state index contributed by atoms with van der Waals surface area (Å²) in [6, 6.07) is 0. The molecular weight excluding hydrogens is 328 g/mol. The van der Waals surface area contributed by atoms with E-state index in [0.29, 0.717) is 32.1 Å². The standard InChI is InChI=1S/C14H22O6S2/c15-11(16)7-5-9(13(18)19)3-1-2-4-10(14(20)22)6-8-12(17)21/h9-10H,1-8H2,(H,15,16)(H,17,21)(H,18,19)(H,20,22). The summed E-state index contributed by atoms with van der Waals surface area (Å²) in [4.78, 5) is 21.5. The van der Waals surface area contributed by atoms with E-state index in [2.05, 4.69) is 12.2 Å². The highest BCUT2D eigenvalue weighted by Crippen LogP contribution is 2.21. The van der Waals surface area contributed by atoms with Gasteiger partial charge in [0.05, 0.1) is 5.92 Å². The number of carboxylic acid groups (broad SMARTS) is 2. The van der Waals surface area contributed by atoms with E-state index in [-0.39, 0.29) is 35.3 Å². The van der Waals surface area contributed by atoms with Crippen LogP contribution in [0, 0.1) is 11.8 Å². The average molecular weight is 350 g/mol. The van der Waals surface area contributed by atoms with E-state index < -0.39 is 17.9 Å². The summed E-state index contributed by atoms with van der Waals surface area (Å²) in [5.41, 5.74) is 0. The van der Waals surface area contributed by atoms with E-state index in [1.54, 1.807) is 0 Å². The van der Waals surface area contributed by atoms with Crippen LogP contribution in [0.25, 0.3) is 0 Å². The van der Waals surface area contributed by atoms with E-state index >= 15 is 0 Å². The van der Waals surface area contributed by atoms with Crippen molar-refractivity contribution in [3.8, 4) is 0 Å². The number of aliphatic carboxylic acids is 2. The summed E-state index contributed by atoms with van der Waals surface area (Å²) in [5, 5.41) is 35.8. The van der Waals surface area contributed by atoms with Crippen molar-refractivity contribution >= 4 is 46.5 Å². The first-order valence-corrected chi connectivity index (χ1v) is 7.94. The minimum atomic E-state index is -1.00. The van der Waals surface area contributed by atoms with Gasteiger partial charge in [-0.05, 0) is 50.1 Å². The smallest absolute Gasteiger partial charge is 0.306 e. The van der Waals surface area contributed by atoms with Crippen molar-refractivity contribution in [2.45, 2.75) is 51.4 Å². The SMILES string of the molecule is O=C(O)CCC(CCCCC(CCC(O)=S)C(O)=S)C(=O)O. The van der Waals surface area contributed by atoms with Crippen LogP contribution in [0.3, 0.4) is 0 Å². The van der Waals surface area contributed by atoms with Crippen LogP contribution < -0.4 is 0 Å². The lowest BCUT2D eigenvalue weighted by Gasteiger charge is -2.15. The third-order valence-corrected chi connectivity index (χ3v) is 4.00. The fourth-order valence-electron chi connectivity index (χ4n) is 2.16. The molecule has 0 aromatic rings. The van der Waals surface area contributed by atoms with Gasteiger partial charge in [0.1, 0.15) is 0 Å². The molecule has 0 aliphatic rings. The molecule has 0 heterocycles. The van der Waals surface area contributed by atoms with Gasteiger partial charge in [0.15, 0.2) is 10.1 Å². The fraction of sp³-hybridized carbons (Fsp3) is 0.714. The molecule has 0 amide bonds. The molecular formula is C14H22O6S2. The van der Waals surface area contributed by atoms with Crippen LogP contribution >= 0.6 is 24.4 Å². The molecule has 0 bridgehead atoms. The topological polar surface area (TPSA) is 115 Å². The number of aliphatic hydroxyl groups is 2. The molecule has 6 nitrogen and oxygen atoms in total. The van der Waals surface area contributed by atoms with Crippen LogP contribution in [0.15, 0.2) is 0 Å². The first-order chi connectivity index (χ1) is 10.2. The van der Waals surface area contributed by atoms with Gasteiger partial charge >= 0.3 is 11.9 Å². The van der Waals surface area contributed by atoms with E-state index in [1.165, 1.54) is 0 Å². The summed E-state index contributed by atoms with van der Waals surface area (Å²) in [5.74, 6) is -2.90. The highest BCUT2D eigenvalue weighted by molar-refractivity contribution is 7.80. The Morgan fingerprint density at radius 3 is 1.68 bits per heavy atom. The van der Waals surface area contributed by atoms with Crippen LogP contribution in [0.4, 0.5) is 0 Å². The van der Waals surface area contributed by atoms with Gasteiger partial charge in [0.25, 0.3) is 0 Å². The van der Waals surface area contributed by atoms with Crippen molar-refractivity contribution in [1.29, 1.82) is 0 Å². The molecule has 8 heteroatoms. The Morgan fingerprint density at radius 1 is 0.773 bits per heavy atom. The predicted octanol–water partition coefficient (Wildman–Crippen LogP) is 3.28. The predicted molar refractivity (Wildman–Crippen MR) is 89.6 cm³/mol. The van der Waals surface area contributed by atoms with Crippen LogP contribution in [0.5, 0.6) is 0 Å². The zero-order valence-corrected chi connectivity index (χ0v) is 13.9. The second kappa shape index (κ2) is 11.3. The van der Waals surface area contributed by atoms with Gasteiger partial charge in [-0.25, -0.2) is 0 Å². The minimum Gasteiger partial charge on any atom is -0.502 e. The van der Waals surface area contributed by atoms with Crippen LogP contribution in [0.2, 0.25) is 0 Å². The molecule has 0 aromatic carbocycles. The van der Waals surface area contributed by atoms with Crippen molar-refractivity contribution in [2.75, 3.05) is 0 Å². The molecule has 2 atom stereocenters.